The number of carbonyl (C=O) groups is 1. The Bertz CT molecular complexity index is 819. The Labute approximate surface area is 167 Å². The van der Waals surface area contributed by atoms with Crippen LogP contribution in [0, 0.1) is 0 Å². The standard InChI is InChI=1S/C22H29N5O/c1-16-14-27(21-23-11-4-12-24-21)17(2)13-26(16)15-19-5-7-20(8-6-19)22(9-10-22)25-18(3)28/h4-8,11-12,16-17H,9-10,13-15H2,1-3H3,(H,25,28). The number of aromatic nitrogens is 2. The van der Waals surface area contributed by atoms with E-state index >= 15 is 0 Å². The lowest BCUT2D eigenvalue weighted by Crippen LogP contribution is -2.56. The molecule has 6 heteroatoms. The average molecular weight is 380 g/mol. The summed E-state index contributed by atoms with van der Waals surface area (Å²) in [5.41, 5.74) is 2.41. The quantitative estimate of drug-likeness (QED) is 0.866. The molecule has 1 amide bonds. The summed E-state index contributed by atoms with van der Waals surface area (Å²) in [7, 11) is 0. The lowest BCUT2D eigenvalue weighted by Gasteiger charge is -2.44. The van der Waals surface area contributed by atoms with Crippen molar-refractivity contribution in [1.29, 1.82) is 0 Å². The first-order chi connectivity index (χ1) is 13.5. The summed E-state index contributed by atoms with van der Waals surface area (Å²) >= 11 is 0. The number of amides is 1. The molecule has 2 aromatic rings. The normalized spacial score (nSPS) is 24.0. The van der Waals surface area contributed by atoms with Crippen LogP contribution in [0.4, 0.5) is 5.95 Å². The van der Waals surface area contributed by atoms with Crippen molar-refractivity contribution in [3.63, 3.8) is 0 Å². The molecule has 1 aromatic carbocycles. The van der Waals surface area contributed by atoms with Gasteiger partial charge in [0.1, 0.15) is 0 Å². The lowest BCUT2D eigenvalue weighted by molar-refractivity contribution is -0.120. The predicted octanol–water partition coefficient (Wildman–Crippen LogP) is 2.70. The second kappa shape index (κ2) is 7.51. The number of hydrogen-bond donors (Lipinski definition) is 1. The van der Waals surface area contributed by atoms with Gasteiger partial charge >= 0.3 is 0 Å². The van der Waals surface area contributed by atoms with Crippen molar-refractivity contribution in [2.24, 2.45) is 0 Å². The van der Waals surface area contributed by atoms with Gasteiger partial charge in [-0.25, -0.2) is 9.97 Å². The lowest BCUT2D eigenvalue weighted by atomic mass is 10.0. The maximum Gasteiger partial charge on any atom is 0.225 e. The molecule has 1 aliphatic carbocycles. The van der Waals surface area contributed by atoms with E-state index in [1.165, 1.54) is 11.1 Å². The van der Waals surface area contributed by atoms with E-state index in [1.807, 2.05) is 6.07 Å². The van der Waals surface area contributed by atoms with Crippen molar-refractivity contribution < 1.29 is 4.79 Å². The first-order valence-corrected chi connectivity index (χ1v) is 10.1. The molecule has 0 bridgehead atoms. The van der Waals surface area contributed by atoms with Crippen molar-refractivity contribution >= 4 is 11.9 Å². The molecule has 1 saturated heterocycles. The monoisotopic (exact) mass is 379 g/mol. The fourth-order valence-corrected chi connectivity index (χ4v) is 4.25. The van der Waals surface area contributed by atoms with Crippen molar-refractivity contribution in [3.8, 4) is 0 Å². The molecular weight excluding hydrogens is 350 g/mol. The van der Waals surface area contributed by atoms with Crippen LogP contribution >= 0.6 is 0 Å². The van der Waals surface area contributed by atoms with Gasteiger partial charge < -0.3 is 10.2 Å². The topological polar surface area (TPSA) is 61.4 Å². The highest BCUT2D eigenvalue weighted by atomic mass is 16.1. The van der Waals surface area contributed by atoms with Gasteiger partial charge in [0, 0.05) is 51.0 Å². The minimum atomic E-state index is -0.118. The number of benzene rings is 1. The summed E-state index contributed by atoms with van der Waals surface area (Å²) in [6.45, 7) is 8.94. The Morgan fingerprint density at radius 3 is 2.39 bits per heavy atom. The van der Waals surface area contributed by atoms with E-state index in [0.29, 0.717) is 12.1 Å². The third-order valence-corrected chi connectivity index (χ3v) is 5.98. The smallest absolute Gasteiger partial charge is 0.225 e. The van der Waals surface area contributed by atoms with Gasteiger partial charge in [-0.05, 0) is 43.9 Å². The second-order valence-electron chi connectivity index (χ2n) is 8.29. The van der Waals surface area contributed by atoms with Crippen LogP contribution in [-0.2, 0) is 16.9 Å². The molecule has 2 atom stereocenters. The number of nitrogens with one attached hydrogen (secondary N) is 1. The Kier molecular flexibility index (Phi) is 5.06. The molecule has 148 valence electrons. The number of rotatable bonds is 5. The number of nitrogens with zero attached hydrogens (tertiary/aromatic N) is 4. The zero-order chi connectivity index (χ0) is 19.7. The summed E-state index contributed by atoms with van der Waals surface area (Å²) < 4.78 is 0. The molecule has 1 N–H and O–H groups in total. The predicted molar refractivity (Wildman–Crippen MR) is 110 cm³/mol. The van der Waals surface area contributed by atoms with Crippen LogP contribution in [0.15, 0.2) is 42.7 Å². The fourth-order valence-electron chi connectivity index (χ4n) is 4.25. The molecule has 2 aliphatic rings. The maximum atomic E-state index is 11.5. The highest BCUT2D eigenvalue weighted by Gasteiger charge is 2.45. The molecule has 28 heavy (non-hydrogen) atoms. The summed E-state index contributed by atoms with van der Waals surface area (Å²) in [6, 6.07) is 11.4. The first-order valence-electron chi connectivity index (χ1n) is 10.1. The average Bonchev–Trinajstić information content (AvgIpc) is 3.45. The van der Waals surface area contributed by atoms with Gasteiger partial charge in [0.2, 0.25) is 11.9 Å². The van der Waals surface area contributed by atoms with E-state index in [-0.39, 0.29) is 11.4 Å². The van der Waals surface area contributed by atoms with Crippen molar-refractivity contribution in [1.82, 2.24) is 20.2 Å². The van der Waals surface area contributed by atoms with Crippen LogP contribution < -0.4 is 10.2 Å². The second-order valence-corrected chi connectivity index (χ2v) is 8.29. The van der Waals surface area contributed by atoms with Crippen molar-refractivity contribution in [2.75, 3.05) is 18.0 Å². The van der Waals surface area contributed by atoms with Crippen molar-refractivity contribution in [2.45, 2.75) is 57.8 Å². The number of anilines is 1. The highest BCUT2D eigenvalue weighted by molar-refractivity contribution is 5.74. The number of piperazine rings is 1. The molecule has 4 rings (SSSR count). The molecule has 1 aliphatic heterocycles. The van der Waals surface area contributed by atoms with Gasteiger partial charge in [-0.2, -0.15) is 0 Å². The van der Waals surface area contributed by atoms with Gasteiger partial charge in [0.15, 0.2) is 0 Å². The zero-order valence-corrected chi connectivity index (χ0v) is 16.9. The van der Waals surface area contributed by atoms with Crippen LogP contribution in [0.25, 0.3) is 0 Å². The minimum absolute atomic E-state index is 0.0460. The summed E-state index contributed by atoms with van der Waals surface area (Å²) in [4.78, 5) is 25.1. The molecular formula is C22H29N5O. The Morgan fingerprint density at radius 2 is 1.79 bits per heavy atom. The van der Waals surface area contributed by atoms with Gasteiger partial charge in [-0.15, -0.1) is 0 Å². The molecule has 2 unspecified atom stereocenters. The number of hydrogen-bond acceptors (Lipinski definition) is 5. The molecule has 6 nitrogen and oxygen atoms in total. The van der Waals surface area contributed by atoms with E-state index in [1.54, 1.807) is 19.3 Å². The molecule has 1 saturated carbocycles. The van der Waals surface area contributed by atoms with Crippen LogP contribution in [0.2, 0.25) is 0 Å². The summed E-state index contributed by atoms with van der Waals surface area (Å²) in [6.07, 6.45) is 5.68. The Hall–Kier alpha value is -2.47. The summed E-state index contributed by atoms with van der Waals surface area (Å²) in [5, 5.41) is 3.11. The van der Waals surface area contributed by atoms with E-state index in [9.17, 15) is 4.79 Å². The van der Waals surface area contributed by atoms with Gasteiger partial charge in [-0.3, -0.25) is 9.69 Å². The fraction of sp³-hybridized carbons (Fsp3) is 0.500. The summed E-state index contributed by atoms with van der Waals surface area (Å²) in [5.74, 6) is 0.864. The number of carbonyl (C=O) groups excluding carboxylic acids is 1. The third kappa shape index (κ3) is 3.87. The van der Waals surface area contributed by atoms with Crippen LogP contribution in [0.5, 0.6) is 0 Å². The molecule has 1 aromatic heterocycles. The maximum absolute atomic E-state index is 11.5. The van der Waals surface area contributed by atoms with Crippen LogP contribution in [0.3, 0.4) is 0 Å². The first kappa shape index (κ1) is 18.9. The minimum Gasteiger partial charge on any atom is -0.347 e. The highest BCUT2D eigenvalue weighted by Crippen LogP contribution is 2.45. The van der Waals surface area contributed by atoms with E-state index < -0.39 is 0 Å². The van der Waals surface area contributed by atoms with Crippen LogP contribution in [0.1, 0.15) is 44.7 Å². The van der Waals surface area contributed by atoms with Crippen molar-refractivity contribution in [3.05, 3.63) is 53.9 Å². The van der Waals surface area contributed by atoms with Crippen LogP contribution in [-0.4, -0.2) is 45.9 Å². The van der Waals surface area contributed by atoms with Gasteiger partial charge in [0.05, 0.1) is 5.54 Å². The molecule has 0 spiro atoms. The SMILES string of the molecule is CC(=O)NC1(c2ccc(CN3CC(C)N(c4ncccn4)CC3C)cc2)CC1. The zero-order valence-electron chi connectivity index (χ0n) is 16.9. The largest absolute Gasteiger partial charge is 0.347 e. The third-order valence-electron chi connectivity index (χ3n) is 5.98. The van der Waals surface area contributed by atoms with Gasteiger partial charge in [-0.1, -0.05) is 24.3 Å². The van der Waals surface area contributed by atoms with Gasteiger partial charge in [0.25, 0.3) is 0 Å². The molecule has 2 fully saturated rings. The Morgan fingerprint density at radius 1 is 1.11 bits per heavy atom. The van der Waals surface area contributed by atoms with E-state index in [0.717, 1.165) is 38.4 Å². The Balaban J connectivity index is 1.40. The van der Waals surface area contributed by atoms with E-state index in [4.69, 9.17) is 0 Å². The molecule has 2 heterocycles. The molecule has 0 radical (unpaired) electrons. The van der Waals surface area contributed by atoms with E-state index in [2.05, 4.69) is 63.2 Å².